The van der Waals surface area contributed by atoms with Gasteiger partial charge >= 0.3 is 0 Å². The van der Waals surface area contributed by atoms with Gasteiger partial charge in [0, 0.05) is 37.8 Å². The summed E-state index contributed by atoms with van der Waals surface area (Å²) in [4.78, 5) is 9.35. The highest BCUT2D eigenvalue weighted by Crippen LogP contribution is 2.26. The quantitative estimate of drug-likeness (QED) is 0.679. The number of ether oxygens (including phenoxy) is 1. The fourth-order valence-electron chi connectivity index (χ4n) is 3.68. The normalized spacial score (nSPS) is 15.5. The minimum atomic E-state index is 0.854. The van der Waals surface area contributed by atoms with E-state index in [0.29, 0.717) is 0 Å². The van der Waals surface area contributed by atoms with Crippen molar-refractivity contribution in [2.45, 2.75) is 12.8 Å². The first-order valence-corrected chi connectivity index (χ1v) is 9.26. The maximum atomic E-state index is 5.64. The molecule has 1 aromatic carbocycles. The van der Waals surface area contributed by atoms with Crippen molar-refractivity contribution in [2.24, 2.45) is 0 Å². The maximum Gasteiger partial charge on any atom is 0.171 e. The van der Waals surface area contributed by atoms with Gasteiger partial charge < -0.3 is 14.1 Å². The number of rotatable bonds is 6. The molecule has 3 heterocycles. The van der Waals surface area contributed by atoms with E-state index in [-0.39, 0.29) is 0 Å². The summed E-state index contributed by atoms with van der Waals surface area (Å²) in [5, 5.41) is 1.25. The van der Waals surface area contributed by atoms with Crippen LogP contribution in [0.15, 0.2) is 53.3 Å². The van der Waals surface area contributed by atoms with Crippen LogP contribution in [0.25, 0.3) is 11.0 Å². The lowest BCUT2D eigenvalue weighted by atomic mass is 10.1. The third-order valence-corrected chi connectivity index (χ3v) is 5.12. The molecule has 136 valence electrons. The molecule has 0 atom stereocenters. The van der Waals surface area contributed by atoms with Gasteiger partial charge in [-0.05, 0) is 43.1 Å². The number of fused-ring (bicyclic) bond motifs is 1. The van der Waals surface area contributed by atoms with Gasteiger partial charge in [0.2, 0.25) is 0 Å². The Morgan fingerprint density at radius 2 is 1.92 bits per heavy atom. The number of piperazine rings is 1. The van der Waals surface area contributed by atoms with Gasteiger partial charge in [0.05, 0.1) is 13.4 Å². The minimum Gasteiger partial charge on any atom is -0.493 e. The van der Waals surface area contributed by atoms with Crippen LogP contribution in [0.1, 0.15) is 12.0 Å². The van der Waals surface area contributed by atoms with Crippen LogP contribution in [-0.4, -0.2) is 49.7 Å². The first-order chi connectivity index (χ1) is 12.8. The molecule has 1 aliphatic rings. The van der Waals surface area contributed by atoms with E-state index in [1.807, 2.05) is 36.7 Å². The number of pyridine rings is 1. The summed E-state index contributed by atoms with van der Waals surface area (Å²) in [6.07, 6.45) is 5.96. The molecule has 2 aromatic heterocycles. The lowest BCUT2D eigenvalue weighted by Crippen LogP contribution is -2.47. The molecular weight excluding hydrogens is 326 g/mol. The van der Waals surface area contributed by atoms with Crippen molar-refractivity contribution in [2.75, 3.05) is 44.7 Å². The standard InChI is InChI=1S/C21H25N3O2/c1-25-20-9-4-10-22-21(20)24-14-12-23(13-15-24)11-5-6-17-16-26-19-8-3-2-7-18(17)19/h2-4,7-10,16H,5-6,11-15H2,1H3. The number of hydrogen-bond acceptors (Lipinski definition) is 5. The second kappa shape index (κ2) is 7.79. The molecule has 5 heteroatoms. The van der Waals surface area contributed by atoms with Crippen molar-refractivity contribution in [1.29, 1.82) is 0 Å². The van der Waals surface area contributed by atoms with Crippen LogP contribution in [0.4, 0.5) is 5.82 Å². The lowest BCUT2D eigenvalue weighted by Gasteiger charge is -2.35. The molecule has 0 bridgehead atoms. The summed E-state index contributed by atoms with van der Waals surface area (Å²) in [6.45, 7) is 5.22. The van der Waals surface area contributed by atoms with Crippen LogP contribution in [0.2, 0.25) is 0 Å². The summed E-state index contributed by atoms with van der Waals surface area (Å²) < 4.78 is 11.1. The predicted molar refractivity (Wildman–Crippen MR) is 104 cm³/mol. The third-order valence-electron chi connectivity index (χ3n) is 5.12. The average molecular weight is 351 g/mol. The summed E-state index contributed by atoms with van der Waals surface area (Å²) in [5.41, 5.74) is 2.30. The molecule has 0 saturated carbocycles. The van der Waals surface area contributed by atoms with Gasteiger partial charge in [-0.15, -0.1) is 0 Å². The summed E-state index contributed by atoms with van der Waals surface area (Å²) >= 11 is 0. The fourth-order valence-corrected chi connectivity index (χ4v) is 3.68. The Bertz CT molecular complexity index is 853. The zero-order chi connectivity index (χ0) is 17.8. The van der Waals surface area contributed by atoms with Crippen LogP contribution < -0.4 is 9.64 Å². The van der Waals surface area contributed by atoms with E-state index in [0.717, 1.165) is 62.7 Å². The number of hydrogen-bond donors (Lipinski definition) is 0. The van der Waals surface area contributed by atoms with Crippen LogP contribution in [-0.2, 0) is 6.42 Å². The topological polar surface area (TPSA) is 41.7 Å². The number of benzene rings is 1. The first kappa shape index (κ1) is 16.9. The highest BCUT2D eigenvalue weighted by molar-refractivity contribution is 5.80. The van der Waals surface area contributed by atoms with Crippen molar-refractivity contribution >= 4 is 16.8 Å². The largest absolute Gasteiger partial charge is 0.493 e. The average Bonchev–Trinajstić information content (AvgIpc) is 3.12. The molecular formula is C21H25N3O2. The van der Waals surface area contributed by atoms with E-state index in [4.69, 9.17) is 9.15 Å². The molecule has 5 nitrogen and oxygen atoms in total. The van der Waals surface area contributed by atoms with Gasteiger partial charge in [0.25, 0.3) is 0 Å². The Labute approximate surface area is 154 Å². The van der Waals surface area contributed by atoms with E-state index >= 15 is 0 Å². The van der Waals surface area contributed by atoms with Gasteiger partial charge in [-0.2, -0.15) is 0 Å². The zero-order valence-corrected chi connectivity index (χ0v) is 15.2. The van der Waals surface area contributed by atoms with Crippen molar-refractivity contribution in [3.8, 4) is 5.75 Å². The predicted octanol–water partition coefficient (Wildman–Crippen LogP) is 3.59. The molecule has 0 aliphatic carbocycles. The van der Waals surface area contributed by atoms with Crippen molar-refractivity contribution in [3.05, 3.63) is 54.4 Å². The second-order valence-electron chi connectivity index (χ2n) is 6.72. The maximum absolute atomic E-state index is 5.64. The van der Waals surface area contributed by atoms with Crippen molar-refractivity contribution < 1.29 is 9.15 Å². The van der Waals surface area contributed by atoms with Gasteiger partial charge in [-0.1, -0.05) is 18.2 Å². The highest BCUT2D eigenvalue weighted by Gasteiger charge is 2.20. The fraction of sp³-hybridized carbons (Fsp3) is 0.381. The van der Waals surface area contributed by atoms with Crippen LogP contribution >= 0.6 is 0 Å². The van der Waals surface area contributed by atoms with Crippen molar-refractivity contribution in [1.82, 2.24) is 9.88 Å². The molecule has 26 heavy (non-hydrogen) atoms. The highest BCUT2D eigenvalue weighted by atomic mass is 16.5. The van der Waals surface area contributed by atoms with Crippen LogP contribution in [0.3, 0.4) is 0 Å². The van der Waals surface area contributed by atoms with E-state index in [2.05, 4.69) is 26.9 Å². The van der Waals surface area contributed by atoms with Gasteiger partial charge in [0.1, 0.15) is 5.58 Å². The summed E-state index contributed by atoms with van der Waals surface area (Å²) in [6, 6.07) is 12.2. The minimum absolute atomic E-state index is 0.854. The number of methoxy groups -OCH3 is 1. The monoisotopic (exact) mass is 351 g/mol. The Balaban J connectivity index is 1.28. The van der Waals surface area contributed by atoms with E-state index < -0.39 is 0 Å². The van der Waals surface area contributed by atoms with Crippen molar-refractivity contribution in [3.63, 3.8) is 0 Å². The van der Waals surface area contributed by atoms with E-state index in [9.17, 15) is 0 Å². The Morgan fingerprint density at radius 1 is 1.08 bits per heavy atom. The number of aryl methyl sites for hydroxylation is 1. The Hall–Kier alpha value is -2.53. The van der Waals surface area contributed by atoms with Crippen LogP contribution in [0, 0.1) is 0 Å². The molecule has 0 N–H and O–H groups in total. The number of anilines is 1. The number of nitrogens with zero attached hydrogens (tertiary/aromatic N) is 3. The molecule has 1 aliphatic heterocycles. The summed E-state index contributed by atoms with van der Waals surface area (Å²) in [5.74, 6) is 1.81. The molecule has 0 amide bonds. The molecule has 3 aromatic rings. The van der Waals surface area contributed by atoms with Crippen LogP contribution in [0.5, 0.6) is 5.75 Å². The molecule has 0 radical (unpaired) electrons. The number of furan rings is 1. The third kappa shape index (κ3) is 3.53. The molecule has 1 saturated heterocycles. The van der Waals surface area contributed by atoms with E-state index in [1.54, 1.807) is 7.11 Å². The molecule has 1 fully saturated rings. The molecule has 0 spiro atoms. The first-order valence-electron chi connectivity index (χ1n) is 9.26. The zero-order valence-electron chi connectivity index (χ0n) is 15.2. The lowest BCUT2D eigenvalue weighted by molar-refractivity contribution is 0.253. The van der Waals surface area contributed by atoms with E-state index in [1.165, 1.54) is 10.9 Å². The summed E-state index contributed by atoms with van der Waals surface area (Å²) in [7, 11) is 1.70. The SMILES string of the molecule is COc1cccnc1N1CCN(CCCc2coc3ccccc23)CC1. The van der Waals surface area contributed by atoms with Gasteiger partial charge in [-0.25, -0.2) is 4.98 Å². The molecule has 4 rings (SSSR count). The number of para-hydroxylation sites is 1. The molecule has 0 unspecified atom stereocenters. The Kier molecular flexibility index (Phi) is 5.07. The number of aromatic nitrogens is 1. The Morgan fingerprint density at radius 3 is 2.77 bits per heavy atom. The smallest absolute Gasteiger partial charge is 0.171 e. The second-order valence-corrected chi connectivity index (χ2v) is 6.72. The van der Waals surface area contributed by atoms with Gasteiger partial charge in [-0.3, -0.25) is 4.90 Å². The van der Waals surface area contributed by atoms with Gasteiger partial charge in [0.15, 0.2) is 11.6 Å².